The zero-order valence-corrected chi connectivity index (χ0v) is 9.96. The molecular formula is C10H14N6O2. The van der Waals surface area contributed by atoms with E-state index in [-0.39, 0.29) is 11.6 Å². The highest BCUT2D eigenvalue weighted by Crippen LogP contribution is 2.08. The van der Waals surface area contributed by atoms with E-state index in [9.17, 15) is 4.79 Å². The van der Waals surface area contributed by atoms with Crippen LogP contribution < -0.4 is 11.1 Å². The van der Waals surface area contributed by atoms with E-state index in [1.54, 1.807) is 10.9 Å². The van der Waals surface area contributed by atoms with Crippen LogP contribution in [-0.2, 0) is 13.0 Å². The van der Waals surface area contributed by atoms with Crippen LogP contribution >= 0.6 is 0 Å². The summed E-state index contributed by atoms with van der Waals surface area (Å²) in [5.74, 6) is 0.241. The fraction of sp³-hybridized carbons (Fsp3) is 0.400. The average molecular weight is 250 g/mol. The molecule has 0 bridgehead atoms. The quantitative estimate of drug-likeness (QED) is 0.762. The summed E-state index contributed by atoms with van der Waals surface area (Å²) in [5, 5.41) is 10.4. The number of carbonyl (C=O) groups is 1. The highest BCUT2D eigenvalue weighted by molar-refractivity contribution is 5.96. The van der Waals surface area contributed by atoms with Crippen molar-refractivity contribution in [3.8, 4) is 0 Å². The van der Waals surface area contributed by atoms with E-state index >= 15 is 0 Å². The normalized spacial score (nSPS) is 10.5. The number of rotatable bonds is 5. The smallest absolute Gasteiger partial charge is 0.273 e. The van der Waals surface area contributed by atoms with Crippen molar-refractivity contribution in [1.29, 1.82) is 0 Å². The molecule has 8 heteroatoms. The molecule has 18 heavy (non-hydrogen) atoms. The van der Waals surface area contributed by atoms with Crippen LogP contribution in [0.15, 0.2) is 17.1 Å². The molecule has 1 amide bonds. The first-order valence-corrected chi connectivity index (χ1v) is 5.57. The molecule has 96 valence electrons. The number of nitrogens with one attached hydrogen (secondary N) is 1. The molecule has 0 unspecified atom stereocenters. The van der Waals surface area contributed by atoms with E-state index in [1.165, 1.54) is 6.39 Å². The van der Waals surface area contributed by atoms with Gasteiger partial charge in [-0.1, -0.05) is 5.16 Å². The van der Waals surface area contributed by atoms with Crippen molar-refractivity contribution < 1.29 is 9.32 Å². The minimum atomic E-state index is -0.303. The summed E-state index contributed by atoms with van der Waals surface area (Å²) < 4.78 is 6.20. The Morgan fingerprint density at radius 3 is 3.06 bits per heavy atom. The van der Waals surface area contributed by atoms with E-state index in [2.05, 4.69) is 25.1 Å². The van der Waals surface area contributed by atoms with E-state index in [1.807, 2.05) is 6.92 Å². The van der Waals surface area contributed by atoms with Gasteiger partial charge in [-0.05, 0) is 6.92 Å². The lowest BCUT2D eigenvalue weighted by Gasteiger charge is -2.01. The van der Waals surface area contributed by atoms with Crippen molar-refractivity contribution in [2.24, 2.45) is 0 Å². The first-order chi connectivity index (χ1) is 8.70. The number of anilines is 1. The van der Waals surface area contributed by atoms with Crippen LogP contribution in [0.1, 0.15) is 23.2 Å². The fourth-order valence-corrected chi connectivity index (χ4v) is 1.45. The van der Waals surface area contributed by atoms with Gasteiger partial charge in [0.15, 0.2) is 11.5 Å². The molecule has 2 heterocycles. The SMILES string of the molecule is CCn1cc(N)c(C(=O)NCCc2ncon2)n1. The third-order valence-corrected chi connectivity index (χ3v) is 2.37. The van der Waals surface area contributed by atoms with E-state index in [0.29, 0.717) is 31.0 Å². The van der Waals surface area contributed by atoms with Gasteiger partial charge in [0.25, 0.3) is 5.91 Å². The van der Waals surface area contributed by atoms with Gasteiger partial charge in [0.1, 0.15) is 0 Å². The molecule has 0 saturated heterocycles. The minimum Gasteiger partial charge on any atom is -0.396 e. The Balaban J connectivity index is 1.89. The van der Waals surface area contributed by atoms with Crippen LogP contribution in [-0.4, -0.2) is 32.4 Å². The molecule has 2 aromatic rings. The zero-order chi connectivity index (χ0) is 13.0. The molecule has 0 fully saturated rings. The van der Waals surface area contributed by atoms with Crippen LogP contribution in [0.5, 0.6) is 0 Å². The summed E-state index contributed by atoms with van der Waals surface area (Å²) in [7, 11) is 0. The number of aryl methyl sites for hydroxylation is 1. The molecule has 0 aromatic carbocycles. The van der Waals surface area contributed by atoms with Crippen LogP contribution in [0, 0.1) is 0 Å². The Kier molecular flexibility index (Phi) is 3.56. The van der Waals surface area contributed by atoms with Crippen molar-refractivity contribution in [3.05, 3.63) is 24.1 Å². The molecule has 0 spiro atoms. The highest BCUT2D eigenvalue weighted by atomic mass is 16.5. The maximum absolute atomic E-state index is 11.8. The van der Waals surface area contributed by atoms with Crippen molar-refractivity contribution in [3.63, 3.8) is 0 Å². The third kappa shape index (κ3) is 2.65. The van der Waals surface area contributed by atoms with E-state index < -0.39 is 0 Å². The first-order valence-electron chi connectivity index (χ1n) is 5.57. The van der Waals surface area contributed by atoms with E-state index in [0.717, 1.165) is 0 Å². The second-order valence-electron chi connectivity index (χ2n) is 3.64. The van der Waals surface area contributed by atoms with Crippen molar-refractivity contribution in [1.82, 2.24) is 25.2 Å². The first kappa shape index (κ1) is 12.1. The average Bonchev–Trinajstić information content (AvgIpc) is 2.98. The number of nitrogens with two attached hydrogens (primary N) is 1. The summed E-state index contributed by atoms with van der Waals surface area (Å²) >= 11 is 0. The molecule has 0 aliphatic rings. The fourth-order valence-electron chi connectivity index (χ4n) is 1.45. The van der Waals surface area contributed by atoms with Gasteiger partial charge >= 0.3 is 0 Å². The van der Waals surface area contributed by atoms with Gasteiger partial charge < -0.3 is 15.6 Å². The maximum atomic E-state index is 11.8. The van der Waals surface area contributed by atoms with Gasteiger partial charge in [0, 0.05) is 25.7 Å². The van der Waals surface area contributed by atoms with Crippen LogP contribution in [0.3, 0.4) is 0 Å². The van der Waals surface area contributed by atoms with Gasteiger partial charge in [-0.25, -0.2) is 0 Å². The van der Waals surface area contributed by atoms with Crippen LogP contribution in [0.4, 0.5) is 5.69 Å². The lowest BCUT2D eigenvalue weighted by molar-refractivity contribution is 0.0949. The number of nitrogen functional groups attached to an aromatic ring is 1. The predicted molar refractivity (Wildman–Crippen MR) is 62.6 cm³/mol. The monoisotopic (exact) mass is 250 g/mol. The van der Waals surface area contributed by atoms with Gasteiger partial charge in [0.2, 0.25) is 6.39 Å². The topological polar surface area (TPSA) is 112 Å². The Labute approximate surface area is 103 Å². The Morgan fingerprint density at radius 2 is 2.44 bits per heavy atom. The summed E-state index contributed by atoms with van der Waals surface area (Å²) in [5.41, 5.74) is 6.31. The molecule has 8 nitrogen and oxygen atoms in total. The highest BCUT2D eigenvalue weighted by Gasteiger charge is 2.14. The molecule has 0 saturated carbocycles. The minimum absolute atomic E-state index is 0.241. The summed E-state index contributed by atoms with van der Waals surface area (Å²) in [6, 6.07) is 0. The zero-order valence-electron chi connectivity index (χ0n) is 9.96. The molecular weight excluding hydrogens is 236 g/mol. The largest absolute Gasteiger partial charge is 0.396 e. The molecule has 0 aliphatic heterocycles. The van der Waals surface area contributed by atoms with Crippen molar-refractivity contribution in [2.45, 2.75) is 19.9 Å². The molecule has 0 atom stereocenters. The van der Waals surface area contributed by atoms with Crippen LogP contribution in [0.2, 0.25) is 0 Å². The lowest BCUT2D eigenvalue weighted by Crippen LogP contribution is -2.27. The maximum Gasteiger partial charge on any atom is 0.273 e. The second kappa shape index (κ2) is 5.30. The van der Waals surface area contributed by atoms with Crippen LogP contribution in [0.25, 0.3) is 0 Å². The molecule has 0 aliphatic carbocycles. The third-order valence-electron chi connectivity index (χ3n) is 2.37. The lowest BCUT2D eigenvalue weighted by atomic mass is 10.3. The number of aromatic nitrogens is 4. The Bertz CT molecular complexity index is 518. The van der Waals surface area contributed by atoms with Gasteiger partial charge in [0.05, 0.1) is 5.69 Å². The molecule has 2 rings (SSSR count). The predicted octanol–water partition coefficient (Wildman–Crippen LogP) is -0.159. The van der Waals surface area contributed by atoms with Gasteiger partial charge in [-0.15, -0.1) is 0 Å². The van der Waals surface area contributed by atoms with E-state index in [4.69, 9.17) is 5.73 Å². The molecule has 3 N–H and O–H groups in total. The number of amides is 1. The summed E-state index contributed by atoms with van der Waals surface area (Å²) in [6.07, 6.45) is 3.38. The standard InChI is InChI=1S/C10H14N6O2/c1-2-16-5-7(11)9(14-16)10(17)12-4-3-8-13-6-18-15-8/h5-6H,2-4,11H2,1H3,(H,12,17). The number of hydrogen-bond donors (Lipinski definition) is 2. The second-order valence-corrected chi connectivity index (χ2v) is 3.64. The number of nitrogens with zero attached hydrogens (tertiary/aromatic N) is 4. The summed E-state index contributed by atoms with van der Waals surface area (Å²) in [6.45, 7) is 2.99. The Morgan fingerprint density at radius 1 is 1.61 bits per heavy atom. The van der Waals surface area contributed by atoms with Gasteiger partial charge in [-0.2, -0.15) is 10.1 Å². The molecule has 2 aromatic heterocycles. The van der Waals surface area contributed by atoms with Crippen molar-refractivity contribution in [2.75, 3.05) is 12.3 Å². The molecule has 0 radical (unpaired) electrons. The Hall–Kier alpha value is -2.38. The number of hydrogen-bond acceptors (Lipinski definition) is 6. The van der Waals surface area contributed by atoms with Gasteiger partial charge in [-0.3, -0.25) is 9.48 Å². The number of carbonyl (C=O) groups excluding carboxylic acids is 1. The van der Waals surface area contributed by atoms with Crippen molar-refractivity contribution >= 4 is 11.6 Å². The summed E-state index contributed by atoms with van der Waals surface area (Å²) in [4.78, 5) is 15.6.